The normalized spacial score (nSPS) is 39.1. The Bertz CT molecular complexity index is 566. The molecule has 0 aromatic heterocycles. The number of allylic oxidation sites excluding steroid dienone is 2. The van der Waals surface area contributed by atoms with E-state index in [2.05, 4.69) is 12.2 Å². The molecule has 0 amide bonds. The Morgan fingerprint density at radius 2 is 1.21 bits per heavy atom. The molecule has 156 valence electrons. The zero-order chi connectivity index (χ0) is 19.7. The van der Waals surface area contributed by atoms with Gasteiger partial charge in [-0.15, -0.1) is 0 Å². The van der Waals surface area contributed by atoms with E-state index in [1.807, 2.05) is 13.8 Å². The number of hydrogen-bond acceptors (Lipinski definition) is 6. The van der Waals surface area contributed by atoms with Gasteiger partial charge >= 0.3 is 12.3 Å². The third-order valence-corrected chi connectivity index (χ3v) is 7.40. The number of carbonyl (C=O) groups excluding carboxylic acids is 2. The standard InChI is InChI=1S/C22H32O6/c1-3-7-25-21(23)27-11-17-15-10-16(18(17)12-28-22(24)26-8-4-2)20-14-6-5-13(9-14)19(15)20/h5-6,13-20H,3-4,7-12H2,1-2H3. The molecule has 0 radical (unpaired) electrons. The average Bonchev–Trinajstić information content (AvgIpc) is 3.45. The largest absolute Gasteiger partial charge is 0.508 e. The molecule has 3 saturated carbocycles. The van der Waals surface area contributed by atoms with Crippen molar-refractivity contribution >= 4 is 12.3 Å². The molecule has 0 spiro atoms. The van der Waals surface area contributed by atoms with E-state index < -0.39 is 12.3 Å². The Hall–Kier alpha value is -1.72. The first-order chi connectivity index (χ1) is 13.6. The van der Waals surface area contributed by atoms with Crippen molar-refractivity contribution in [2.45, 2.75) is 39.5 Å². The first kappa shape index (κ1) is 19.6. The zero-order valence-corrected chi connectivity index (χ0v) is 16.9. The fourth-order valence-electron chi connectivity index (χ4n) is 6.57. The maximum Gasteiger partial charge on any atom is 0.508 e. The van der Waals surface area contributed by atoms with Crippen molar-refractivity contribution in [2.24, 2.45) is 47.3 Å². The lowest BCUT2D eigenvalue weighted by molar-refractivity contribution is -0.0233. The molecule has 4 bridgehead atoms. The van der Waals surface area contributed by atoms with E-state index in [-0.39, 0.29) is 11.8 Å². The van der Waals surface area contributed by atoms with Crippen LogP contribution >= 0.6 is 0 Å². The molecule has 0 aromatic carbocycles. The Kier molecular flexibility index (Phi) is 5.83. The number of hydrogen-bond donors (Lipinski definition) is 0. The van der Waals surface area contributed by atoms with E-state index in [1.54, 1.807) is 0 Å². The van der Waals surface area contributed by atoms with Crippen LogP contribution in [0.4, 0.5) is 9.59 Å². The van der Waals surface area contributed by atoms with Crippen LogP contribution in [0.2, 0.25) is 0 Å². The molecular weight excluding hydrogens is 360 g/mol. The zero-order valence-electron chi connectivity index (χ0n) is 16.9. The Balaban J connectivity index is 1.40. The van der Waals surface area contributed by atoms with Crippen LogP contribution in [-0.4, -0.2) is 38.7 Å². The minimum Gasteiger partial charge on any atom is -0.434 e. The number of carbonyl (C=O) groups is 2. The lowest BCUT2D eigenvalue weighted by Gasteiger charge is -2.41. The highest BCUT2D eigenvalue weighted by molar-refractivity contribution is 5.60. The quantitative estimate of drug-likeness (QED) is 0.346. The van der Waals surface area contributed by atoms with Gasteiger partial charge in [-0.05, 0) is 61.2 Å². The van der Waals surface area contributed by atoms with Gasteiger partial charge in [-0.3, -0.25) is 0 Å². The summed E-state index contributed by atoms with van der Waals surface area (Å²) in [6.45, 7) is 5.38. The van der Waals surface area contributed by atoms with Crippen LogP contribution in [0, 0.1) is 47.3 Å². The van der Waals surface area contributed by atoms with Crippen LogP contribution in [0.15, 0.2) is 12.2 Å². The summed E-state index contributed by atoms with van der Waals surface area (Å²) in [7, 11) is 0. The minimum atomic E-state index is -0.587. The molecule has 0 N–H and O–H groups in total. The fourth-order valence-corrected chi connectivity index (χ4v) is 6.57. The first-order valence-corrected chi connectivity index (χ1v) is 10.9. The predicted octanol–water partition coefficient (Wildman–Crippen LogP) is 4.43. The van der Waals surface area contributed by atoms with Gasteiger partial charge in [0.25, 0.3) is 0 Å². The monoisotopic (exact) mass is 392 g/mol. The molecule has 0 aromatic rings. The molecule has 8 atom stereocenters. The van der Waals surface area contributed by atoms with E-state index in [1.165, 1.54) is 6.42 Å². The summed E-state index contributed by atoms with van der Waals surface area (Å²) in [6, 6.07) is 0. The minimum absolute atomic E-state index is 0.229. The summed E-state index contributed by atoms with van der Waals surface area (Å²) in [5.74, 6) is 4.28. The van der Waals surface area contributed by atoms with Gasteiger partial charge in [0.15, 0.2) is 0 Å². The van der Waals surface area contributed by atoms with Crippen LogP contribution < -0.4 is 0 Å². The number of rotatable bonds is 8. The van der Waals surface area contributed by atoms with Gasteiger partial charge in [-0.25, -0.2) is 9.59 Å². The highest BCUT2D eigenvalue weighted by Gasteiger charge is 2.64. The van der Waals surface area contributed by atoms with Gasteiger partial charge < -0.3 is 18.9 Å². The smallest absolute Gasteiger partial charge is 0.434 e. The van der Waals surface area contributed by atoms with E-state index in [0.717, 1.165) is 19.3 Å². The van der Waals surface area contributed by atoms with E-state index in [9.17, 15) is 9.59 Å². The van der Waals surface area contributed by atoms with E-state index in [0.29, 0.717) is 61.9 Å². The summed E-state index contributed by atoms with van der Waals surface area (Å²) in [5, 5.41) is 0. The van der Waals surface area contributed by atoms with Crippen molar-refractivity contribution < 1.29 is 28.5 Å². The van der Waals surface area contributed by atoms with Gasteiger partial charge in [0.2, 0.25) is 0 Å². The van der Waals surface area contributed by atoms with E-state index >= 15 is 0 Å². The lowest BCUT2D eigenvalue weighted by atomic mass is 9.65. The molecule has 6 heteroatoms. The van der Waals surface area contributed by atoms with Crippen molar-refractivity contribution in [3.63, 3.8) is 0 Å². The second-order valence-electron chi connectivity index (χ2n) is 8.81. The molecule has 8 unspecified atom stereocenters. The summed E-state index contributed by atoms with van der Waals surface area (Å²) in [5.41, 5.74) is 0. The molecule has 4 rings (SSSR count). The summed E-state index contributed by atoms with van der Waals surface area (Å²) in [4.78, 5) is 23.7. The van der Waals surface area contributed by atoms with Crippen molar-refractivity contribution in [3.8, 4) is 0 Å². The van der Waals surface area contributed by atoms with Gasteiger partial charge in [-0.1, -0.05) is 26.0 Å². The lowest BCUT2D eigenvalue weighted by Crippen LogP contribution is -2.41. The van der Waals surface area contributed by atoms with Crippen molar-refractivity contribution in [3.05, 3.63) is 12.2 Å². The van der Waals surface area contributed by atoms with Crippen LogP contribution in [0.5, 0.6) is 0 Å². The molecule has 0 aliphatic heterocycles. The Morgan fingerprint density at radius 1 is 0.750 bits per heavy atom. The molecule has 0 heterocycles. The number of ether oxygens (including phenoxy) is 4. The third-order valence-electron chi connectivity index (χ3n) is 7.40. The fraction of sp³-hybridized carbons (Fsp3) is 0.818. The van der Waals surface area contributed by atoms with Crippen LogP contribution in [0.25, 0.3) is 0 Å². The van der Waals surface area contributed by atoms with Crippen LogP contribution in [-0.2, 0) is 18.9 Å². The molecule has 0 saturated heterocycles. The summed E-state index contributed by atoms with van der Waals surface area (Å²) >= 11 is 0. The van der Waals surface area contributed by atoms with Gasteiger partial charge in [0.05, 0.1) is 26.4 Å². The van der Waals surface area contributed by atoms with Crippen molar-refractivity contribution in [1.29, 1.82) is 0 Å². The molecule has 6 nitrogen and oxygen atoms in total. The first-order valence-electron chi connectivity index (χ1n) is 10.9. The maximum absolute atomic E-state index is 11.9. The molecular formula is C22H32O6. The van der Waals surface area contributed by atoms with Gasteiger partial charge in [-0.2, -0.15) is 0 Å². The third kappa shape index (κ3) is 3.50. The second-order valence-corrected chi connectivity index (χ2v) is 8.81. The maximum atomic E-state index is 11.9. The highest BCUT2D eigenvalue weighted by atomic mass is 16.7. The molecule has 28 heavy (non-hydrogen) atoms. The second kappa shape index (κ2) is 8.34. The summed E-state index contributed by atoms with van der Waals surface area (Å²) < 4.78 is 21.1. The van der Waals surface area contributed by atoms with Gasteiger partial charge in [0, 0.05) is 11.8 Å². The van der Waals surface area contributed by atoms with Gasteiger partial charge in [0.1, 0.15) is 0 Å². The molecule has 3 fully saturated rings. The van der Waals surface area contributed by atoms with Crippen LogP contribution in [0.1, 0.15) is 39.5 Å². The van der Waals surface area contributed by atoms with Crippen LogP contribution in [0.3, 0.4) is 0 Å². The summed E-state index contributed by atoms with van der Waals surface area (Å²) in [6.07, 6.45) is 7.59. The molecule has 4 aliphatic rings. The average molecular weight is 392 g/mol. The topological polar surface area (TPSA) is 71.1 Å². The molecule has 4 aliphatic carbocycles. The SMILES string of the molecule is CCCOC(=O)OCC1C(COC(=O)OCCC)C2CC1C1C3C=CC(C3)C21. The Morgan fingerprint density at radius 3 is 1.64 bits per heavy atom. The number of fused-ring (bicyclic) bond motifs is 9. The predicted molar refractivity (Wildman–Crippen MR) is 101 cm³/mol. The highest BCUT2D eigenvalue weighted by Crippen LogP contribution is 2.68. The van der Waals surface area contributed by atoms with Crippen molar-refractivity contribution in [1.82, 2.24) is 0 Å². The van der Waals surface area contributed by atoms with E-state index in [4.69, 9.17) is 18.9 Å². The van der Waals surface area contributed by atoms with Crippen molar-refractivity contribution in [2.75, 3.05) is 26.4 Å². The Labute approximate surface area is 166 Å².